The van der Waals surface area contributed by atoms with E-state index in [0.29, 0.717) is 11.4 Å². The van der Waals surface area contributed by atoms with Crippen molar-refractivity contribution >= 4 is 11.6 Å². The first-order valence-corrected chi connectivity index (χ1v) is 7.18. The van der Waals surface area contributed by atoms with E-state index < -0.39 is 0 Å². The van der Waals surface area contributed by atoms with Crippen LogP contribution >= 0.6 is 0 Å². The summed E-state index contributed by atoms with van der Waals surface area (Å²) < 4.78 is 0. The number of rotatable bonds is 1. The lowest BCUT2D eigenvalue weighted by Gasteiger charge is -2.48. The normalized spacial score (nSPS) is 29.6. The molecule has 0 radical (unpaired) electrons. The Morgan fingerprint density at radius 2 is 1.89 bits per heavy atom. The maximum atomic E-state index is 6.18. The molecule has 1 aliphatic heterocycles. The number of nitrogens with zero attached hydrogens (tertiary/aromatic N) is 2. The average molecular weight is 257 g/mol. The third kappa shape index (κ3) is 2.11. The van der Waals surface area contributed by atoms with Crippen LogP contribution in [0.3, 0.4) is 0 Å². The van der Waals surface area contributed by atoms with E-state index in [4.69, 9.17) is 5.73 Å². The zero-order valence-electron chi connectivity index (χ0n) is 11.9. The Bertz CT molecular complexity index is 492. The Morgan fingerprint density at radius 3 is 2.58 bits per heavy atom. The molecule has 19 heavy (non-hydrogen) atoms. The molecule has 0 amide bonds. The predicted octanol–water partition coefficient (Wildman–Crippen LogP) is 3.16. The highest BCUT2D eigenvalue weighted by Crippen LogP contribution is 2.47. The van der Waals surface area contributed by atoms with E-state index in [9.17, 15) is 0 Å². The minimum Gasteiger partial charge on any atom is -0.369 e. The highest BCUT2D eigenvalue weighted by atomic mass is 15.4. The van der Waals surface area contributed by atoms with Gasteiger partial charge in [-0.15, -0.1) is 0 Å². The quantitative estimate of drug-likeness (QED) is 0.839. The number of hydrogen-bond acceptors (Lipinski definition) is 3. The lowest BCUT2D eigenvalue weighted by atomic mass is 9.67. The van der Waals surface area contributed by atoms with Gasteiger partial charge in [0.25, 0.3) is 0 Å². The van der Waals surface area contributed by atoms with Crippen LogP contribution in [0, 0.1) is 5.41 Å². The van der Waals surface area contributed by atoms with Gasteiger partial charge in [0.15, 0.2) is 5.96 Å². The zero-order chi connectivity index (χ0) is 13.5. The Balaban J connectivity index is 1.98. The molecule has 1 aromatic carbocycles. The summed E-state index contributed by atoms with van der Waals surface area (Å²) >= 11 is 0. The Hall–Kier alpha value is -1.51. The van der Waals surface area contributed by atoms with Crippen molar-refractivity contribution in [3.63, 3.8) is 0 Å². The number of nitrogens with two attached hydrogens (primary N) is 1. The summed E-state index contributed by atoms with van der Waals surface area (Å²) in [6.07, 6.45) is 4.92. The van der Waals surface area contributed by atoms with Crippen molar-refractivity contribution in [3.05, 3.63) is 30.3 Å². The number of aliphatic imine (C=N–C) groups is 1. The second-order valence-electron chi connectivity index (χ2n) is 6.76. The SMILES string of the molecule is CC1(C)CCCC2(CN=C(N)N2c2ccccc2)C1. The molecule has 0 bridgehead atoms. The molecule has 102 valence electrons. The standard InChI is InChI=1S/C16H23N3/c1-15(2)9-6-10-16(11-15)12-18-14(17)19(16)13-7-4-3-5-8-13/h3-5,7-8H,6,9-12H2,1-2H3,(H2,17,18). The molecule has 1 aliphatic carbocycles. The van der Waals surface area contributed by atoms with E-state index in [-0.39, 0.29) is 5.54 Å². The van der Waals surface area contributed by atoms with Crippen molar-refractivity contribution in [1.82, 2.24) is 0 Å². The van der Waals surface area contributed by atoms with Crippen molar-refractivity contribution in [2.24, 2.45) is 16.1 Å². The van der Waals surface area contributed by atoms with Gasteiger partial charge in [-0.1, -0.05) is 38.5 Å². The monoisotopic (exact) mass is 257 g/mol. The molecular weight excluding hydrogens is 234 g/mol. The summed E-state index contributed by atoms with van der Waals surface area (Å²) in [5, 5.41) is 0. The van der Waals surface area contributed by atoms with Crippen molar-refractivity contribution in [2.45, 2.75) is 45.1 Å². The smallest absolute Gasteiger partial charge is 0.196 e. The van der Waals surface area contributed by atoms with Crippen molar-refractivity contribution in [2.75, 3.05) is 11.4 Å². The van der Waals surface area contributed by atoms with Gasteiger partial charge in [-0.25, -0.2) is 0 Å². The fourth-order valence-corrected chi connectivity index (χ4v) is 3.89. The number of hydrogen-bond donors (Lipinski definition) is 1. The topological polar surface area (TPSA) is 41.6 Å². The molecule has 1 unspecified atom stereocenters. The highest BCUT2D eigenvalue weighted by molar-refractivity contribution is 5.98. The molecule has 0 saturated heterocycles. The largest absolute Gasteiger partial charge is 0.369 e. The van der Waals surface area contributed by atoms with E-state index in [2.05, 4.69) is 48.0 Å². The van der Waals surface area contributed by atoms with Crippen LogP contribution < -0.4 is 10.6 Å². The average Bonchev–Trinajstić information content (AvgIpc) is 2.66. The van der Waals surface area contributed by atoms with Gasteiger partial charge < -0.3 is 10.6 Å². The molecule has 1 heterocycles. The Morgan fingerprint density at radius 1 is 1.16 bits per heavy atom. The van der Waals surface area contributed by atoms with E-state index in [1.807, 2.05) is 6.07 Å². The number of guanidine groups is 1. The number of anilines is 1. The maximum absolute atomic E-state index is 6.18. The molecular formula is C16H23N3. The van der Waals surface area contributed by atoms with Gasteiger partial charge in [0, 0.05) is 5.69 Å². The summed E-state index contributed by atoms with van der Waals surface area (Å²) in [6.45, 7) is 5.58. The van der Waals surface area contributed by atoms with E-state index >= 15 is 0 Å². The third-order valence-corrected chi connectivity index (χ3v) is 4.56. The number of para-hydroxylation sites is 1. The molecule has 1 spiro atoms. The van der Waals surface area contributed by atoms with Gasteiger partial charge >= 0.3 is 0 Å². The third-order valence-electron chi connectivity index (χ3n) is 4.56. The van der Waals surface area contributed by atoms with E-state index in [0.717, 1.165) is 6.54 Å². The van der Waals surface area contributed by atoms with Crippen LogP contribution in [-0.4, -0.2) is 18.0 Å². The molecule has 0 aromatic heterocycles. The molecule has 1 fully saturated rings. The predicted molar refractivity (Wildman–Crippen MR) is 80.4 cm³/mol. The fourth-order valence-electron chi connectivity index (χ4n) is 3.89. The van der Waals surface area contributed by atoms with Crippen molar-refractivity contribution < 1.29 is 0 Å². The van der Waals surface area contributed by atoms with Gasteiger partial charge in [0.05, 0.1) is 12.1 Å². The molecule has 1 saturated carbocycles. The first kappa shape index (κ1) is 12.5. The molecule has 2 N–H and O–H groups in total. The maximum Gasteiger partial charge on any atom is 0.196 e. The Kier molecular flexibility index (Phi) is 2.80. The molecule has 3 heteroatoms. The molecule has 2 aliphatic rings. The fraction of sp³-hybridized carbons (Fsp3) is 0.562. The van der Waals surface area contributed by atoms with Gasteiger partial charge in [0.2, 0.25) is 0 Å². The van der Waals surface area contributed by atoms with Crippen LogP contribution in [0.1, 0.15) is 39.5 Å². The molecule has 1 aromatic rings. The summed E-state index contributed by atoms with van der Waals surface area (Å²) in [7, 11) is 0. The summed E-state index contributed by atoms with van der Waals surface area (Å²) in [5.41, 5.74) is 7.85. The van der Waals surface area contributed by atoms with Gasteiger partial charge in [0.1, 0.15) is 0 Å². The Labute approximate surface area is 115 Å². The molecule has 1 atom stereocenters. The summed E-state index contributed by atoms with van der Waals surface area (Å²) in [5.74, 6) is 0.684. The minimum atomic E-state index is 0.104. The first-order valence-electron chi connectivity index (χ1n) is 7.18. The zero-order valence-corrected chi connectivity index (χ0v) is 11.9. The van der Waals surface area contributed by atoms with Crippen LogP contribution in [-0.2, 0) is 0 Å². The summed E-state index contributed by atoms with van der Waals surface area (Å²) in [4.78, 5) is 6.84. The van der Waals surface area contributed by atoms with Crippen LogP contribution in [0.5, 0.6) is 0 Å². The van der Waals surface area contributed by atoms with Gasteiger partial charge in [-0.05, 0) is 36.8 Å². The molecule has 3 rings (SSSR count). The minimum absolute atomic E-state index is 0.104. The first-order chi connectivity index (χ1) is 9.03. The second kappa shape index (κ2) is 4.26. The highest BCUT2D eigenvalue weighted by Gasteiger charge is 2.48. The van der Waals surface area contributed by atoms with Crippen LogP contribution in [0.15, 0.2) is 35.3 Å². The van der Waals surface area contributed by atoms with Gasteiger partial charge in [-0.3, -0.25) is 4.99 Å². The van der Waals surface area contributed by atoms with E-state index in [1.54, 1.807) is 0 Å². The lowest BCUT2D eigenvalue weighted by molar-refractivity contribution is 0.163. The molecule has 3 nitrogen and oxygen atoms in total. The van der Waals surface area contributed by atoms with Crippen LogP contribution in [0.4, 0.5) is 5.69 Å². The van der Waals surface area contributed by atoms with Crippen molar-refractivity contribution in [3.8, 4) is 0 Å². The lowest BCUT2D eigenvalue weighted by Crippen LogP contribution is -2.55. The second-order valence-corrected chi connectivity index (χ2v) is 6.76. The van der Waals surface area contributed by atoms with Crippen molar-refractivity contribution in [1.29, 1.82) is 0 Å². The number of benzene rings is 1. The van der Waals surface area contributed by atoms with E-state index in [1.165, 1.54) is 31.4 Å². The van der Waals surface area contributed by atoms with Crippen LogP contribution in [0.2, 0.25) is 0 Å². The van der Waals surface area contributed by atoms with Gasteiger partial charge in [-0.2, -0.15) is 0 Å². The van der Waals surface area contributed by atoms with Crippen LogP contribution in [0.25, 0.3) is 0 Å². The summed E-state index contributed by atoms with van der Waals surface area (Å²) in [6, 6.07) is 10.5.